The van der Waals surface area contributed by atoms with Crippen molar-refractivity contribution in [1.82, 2.24) is 15.6 Å². The molecule has 0 radical (unpaired) electrons. The molecule has 0 fully saturated rings. The predicted molar refractivity (Wildman–Crippen MR) is 99.6 cm³/mol. The Labute approximate surface area is 148 Å². The second-order valence-corrected chi connectivity index (χ2v) is 5.75. The summed E-state index contributed by atoms with van der Waals surface area (Å²) in [7, 11) is 3.27. The van der Waals surface area contributed by atoms with Crippen LogP contribution in [-0.2, 0) is 6.42 Å². The Balaban J connectivity index is 1.80. The van der Waals surface area contributed by atoms with Crippen molar-refractivity contribution in [3.63, 3.8) is 0 Å². The standard InChI is InChI=1S/C18H23N3O2S/c1-13(15-7-9-19-10-8-15)21-18(24)20-11-6-14-4-5-16(22-2)17(12-14)23-3/h4-5,7-10,12-13H,6,11H2,1-3H3,(H2,20,21,24). The van der Waals surface area contributed by atoms with Gasteiger partial charge in [-0.05, 0) is 61.0 Å². The first-order valence-electron chi connectivity index (χ1n) is 7.79. The lowest BCUT2D eigenvalue weighted by molar-refractivity contribution is 0.354. The van der Waals surface area contributed by atoms with E-state index in [1.165, 1.54) is 0 Å². The summed E-state index contributed by atoms with van der Waals surface area (Å²) in [6, 6.07) is 10.0. The second kappa shape index (κ2) is 9.08. The summed E-state index contributed by atoms with van der Waals surface area (Å²) in [4.78, 5) is 4.02. The van der Waals surface area contributed by atoms with Crippen LogP contribution in [0.3, 0.4) is 0 Å². The minimum Gasteiger partial charge on any atom is -0.493 e. The Kier molecular flexibility index (Phi) is 6.81. The topological polar surface area (TPSA) is 55.4 Å². The number of nitrogens with one attached hydrogen (secondary N) is 2. The van der Waals surface area contributed by atoms with Gasteiger partial charge in [-0.25, -0.2) is 0 Å². The molecule has 6 heteroatoms. The van der Waals surface area contributed by atoms with Gasteiger partial charge in [0.2, 0.25) is 0 Å². The van der Waals surface area contributed by atoms with Gasteiger partial charge >= 0.3 is 0 Å². The zero-order valence-corrected chi connectivity index (χ0v) is 15.0. The number of hydrogen-bond donors (Lipinski definition) is 2. The van der Waals surface area contributed by atoms with Crippen molar-refractivity contribution in [1.29, 1.82) is 0 Å². The molecule has 24 heavy (non-hydrogen) atoms. The highest BCUT2D eigenvalue weighted by Crippen LogP contribution is 2.27. The molecule has 0 saturated heterocycles. The van der Waals surface area contributed by atoms with E-state index in [2.05, 4.69) is 22.5 Å². The van der Waals surface area contributed by atoms with Crippen LogP contribution in [0.4, 0.5) is 0 Å². The highest BCUT2D eigenvalue weighted by molar-refractivity contribution is 7.80. The highest BCUT2D eigenvalue weighted by Gasteiger charge is 2.07. The number of benzene rings is 1. The van der Waals surface area contributed by atoms with Gasteiger partial charge in [0, 0.05) is 18.9 Å². The van der Waals surface area contributed by atoms with Crippen molar-refractivity contribution in [2.45, 2.75) is 19.4 Å². The van der Waals surface area contributed by atoms with E-state index in [0.29, 0.717) is 5.11 Å². The zero-order chi connectivity index (χ0) is 17.4. The van der Waals surface area contributed by atoms with Crippen molar-refractivity contribution in [3.8, 4) is 11.5 Å². The SMILES string of the molecule is COc1ccc(CCNC(=S)NC(C)c2ccncc2)cc1OC. The van der Waals surface area contributed by atoms with Gasteiger partial charge in [0.15, 0.2) is 16.6 Å². The van der Waals surface area contributed by atoms with Crippen molar-refractivity contribution in [2.24, 2.45) is 0 Å². The molecule has 2 rings (SSSR count). The summed E-state index contributed by atoms with van der Waals surface area (Å²) in [5.41, 5.74) is 2.30. The predicted octanol–water partition coefficient (Wildman–Crippen LogP) is 2.87. The zero-order valence-electron chi connectivity index (χ0n) is 14.2. The van der Waals surface area contributed by atoms with Gasteiger partial charge < -0.3 is 20.1 Å². The third-order valence-electron chi connectivity index (χ3n) is 3.70. The summed E-state index contributed by atoms with van der Waals surface area (Å²) in [5.74, 6) is 1.47. The molecule has 1 heterocycles. The Bertz CT molecular complexity index is 665. The lowest BCUT2D eigenvalue weighted by Crippen LogP contribution is -2.37. The number of nitrogens with zero attached hydrogens (tertiary/aromatic N) is 1. The Morgan fingerprint density at radius 2 is 1.83 bits per heavy atom. The molecule has 0 saturated carbocycles. The average molecular weight is 345 g/mol. The monoisotopic (exact) mass is 345 g/mol. The van der Waals surface area contributed by atoms with Crippen LogP contribution in [0.2, 0.25) is 0 Å². The van der Waals surface area contributed by atoms with Gasteiger partial charge in [-0.1, -0.05) is 6.07 Å². The molecular formula is C18H23N3O2S. The summed E-state index contributed by atoms with van der Waals surface area (Å²) >= 11 is 5.35. The smallest absolute Gasteiger partial charge is 0.166 e. The first-order chi connectivity index (χ1) is 11.6. The molecule has 0 aliphatic heterocycles. The van der Waals surface area contributed by atoms with E-state index in [1.54, 1.807) is 26.6 Å². The number of ether oxygens (including phenoxy) is 2. The van der Waals surface area contributed by atoms with Gasteiger partial charge in [0.25, 0.3) is 0 Å². The molecule has 1 aromatic heterocycles. The molecule has 0 bridgehead atoms. The van der Waals surface area contributed by atoms with Crippen LogP contribution in [0.25, 0.3) is 0 Å². The van der Waals surface area contributed by atoms with Gasteiger partial charge in [-0.2, -0.15) is 0 Å². The van der Waals surface area contributed by atoms with E-state index in [-0.39, 0.29) is 6.04 Å². The molecule has 0 aliphatic rings. The van der Waals surface area contributed by atoms with E-state index < -0.39 is 0 Å². The maximum atomic E-state index is 5.35. The molecule has 0 aliphatic carbocycles. The van der Waals surface area contributed by atoms with Crippen LogP contribution in [0.1, 0.15) is 24.1 Å². The van der Waals surface area contributed by atoms with E-state index in [0.717, 1.165) is 35.6 Å². The molecule has 2 N–H and O–H groups in total. The van der Waals surface area contributed by atoms with Crippen molar-refractivity contribution >= 4 is 17.3 Å². The molecule has 0 spiro atoms. The van der Waals surface area contributed by atoms with Gasteiger partial charge in [0.1, 0.15) is 0 Å². The summed E-state index contributed by atoms with van der Waals surface area (Å²) < 4.78 is 10.6. The van der Waals surface area contributed by atoms with Crippen LogP contribution in [0.15, 0.2) is 42.7 Å². The number of rotatable bonds is 7. The second-order valence-electron chi connectivity index (χ2n) is 5.34. The van der Waals surface area contributed by atoms with Crippen LogP contribution in [-0.4, -0.2) is 30.9 Å². The van der Waals surface area contributed by atoms with E-state index >= 15 is 0 Å². The van der Waals surface area contributed by atoms with Crippen LogP contribution in [0.5, 0.6) is 11.5 Å². The third-order valence-corrected chi connectivity index (χ3v) is 3.96. The quantitative estimate of drug-likeness (QED) is 0.753. The van der Waals surface area contributed by atoms with Crippen molar-refractivity contribution < 1.29 is 9.47 Å². The van der Waals surface area contributed by atoms with E-state index in [4.69, 9.17) is 21.7 Å². The molecule has 0 amide bonds. The fourth-order valence-electron chi connectivity index (χ4n) is 2.34. The number of aromatic nitrogens is 1. The van der Waals surface area contributed by atoms with Gasteiger partial charge in [-0.3, -0.25) is 4.98 Å². The third kappa shape index (κ3) is 5.09. The lowest BCUT2D eigenvalue weighted by Gasteiger charge is -2.17. The fourth-order valence-corrected chi connectivity index (χ4v) is 2.62. The summed E-state index contributed by atoms with van der Waals surface area (Å²) in [6.45, 7) is 2.81. The molecule has 2 aromatic rings. The molecule has 1 unspecified atom stereocenters. The van der Waals surface area contributed by atoms with Crippen LogP contribution >= 0.6 is 12.2 Å². The van der Waals surface area contributed by atoms with Gasteiger partial charge in [-0.15, -0.1) is 0 Å². The number of pyridine rings is 1. The van der Waals surface area contributed by atoms with Crippen molar-refractivity contribution in [3.05, 3.63) is 53.9 Å². The summed E-state index contributed by atoms with van der Waals surface area (Å²) in [6.07, 6.45) is 4.40. The largest absolute Gasteiger partial charge is 0.493 e. The highest BCUT2D eigenvalue weighted by atomic mass is 32.1. The van der Waals surface area contributed by atoms with Crippen molar-refractivity contribution in [2.75, 3.05) is 20.8 Å². The Hall–Kier alpha value is -2.34. The first-order valence-corrected chi connectivity index (χ1v) is 8.20. The maximum absolute atomic E-state index is 5.35. The Morgan fingerprint density at radius 1 is 1.12 bits per heavy atom. The molecule has 1 atom stereocenters. The van der Waals surface area contributed by atoms with Crippen LogP contribution < -0.4 is 20.1 Å². The van der Waals surface area contributed by atoms with Crippen LogP contribution in [0, 0.1) is 0 Å². The lowest BCUT2D eigenvalue weighted by atomic mass is 10.1. The minimum atomic E-state index is 0.133. The fraction of sp³-hybridized carbons (Fsp3) is 0.333. The molecule has 1 aromatic carbocycles. The normalized spacial score (nSPS) is 11.5. The summed E-state index contributed by atoms with van der Waals surface area (Å²) in [5, 5.41) is 7.14. The number of hydrogen-bond acceptors (Lipinski definition) is 4. The number of thiocarbonyl (C=S) groups is 1. The average Bonchev–Trinajstić information content (AvgIpc) is 2.62. The molecular weight excluding hydrogens is 322 g/mol. The minimum absolute atomic E-state index is 0.133. The number of methoxy groups -OCH3 is 2. The molecule has 5 nitrogen and oxygen atoms in total. The van der Waals surface area contributed by atoms with E-state index in [9.17, 15) is 0 Å². The maximum Gasteiger partial charge on any atom is 0.166 e. The molecule has 128 valence electrons. The first kappa shape index (κ1) is 18.0. The van der Waals surface area contributed by atoms with E-state index in [1.807, 2.05) is 30.3 Å². The Morgan fingerprint density at radius 3 is 2.50 bits per heavy atom. The van der Waals surface area contributed by atoms with Gasteiger partial charge in [0.05, 0.1) is 20.3 Å².